The molecule has 1 aliphatic rings. The van der Waals surface area contributed by atoms with Crippen molar-refractivity contribution in [3.8, 4) is 0 Å². The first kappa shape index (κ1) is 7.42. The van der Waals surface area contributed by atoms with Gasteiger partial charge in [-0.2, -0.15) is 10.7 Å². The third-order valence-electron chi connectivity index (χ3n) is 1.37. The Kier molecular flexibility index (Phi) is 1.53. The lowest BCUT2D eigenvalue weighted by Crippen LogP contribution is -2.44. The molecule has 10 nitrogen and oxygen atoms in total. The monoisotopic (exact) mass is 182 g/mol. The number of aromatic nitrogens is 4. The fraction of sp³-hybridized carbons (Fsp3) is 0. The van der Waals surface area contributed by atoms with Gasteiger partial charge >= 0.3 is 0 Å². The number of nitrogens with zero attached hydrogens (tertiary/aromatic N) is 6. The van der Waals surface area contributed by atoms with E-state index in [1.807, 2.05) is 0 Å². The Morgan fingerprint density at radius 1 is 1.38 bits per heavy atom. The van der Waals surface area contributed by atoms with Crippen LogP contribution in [0.1, 0.15) is 5.82 Å². The van der Waals surface area contributed by atoms with E-state index in [0.29, 0.717) is 5.82 Å². The third kappa shape index (κ3) is 1.14. The quantitative estimate of drug-likeness (QED) is 0.362. The second kappa shape index (κ2) is 2.67. The van der Waals surface area contributed by atoms with Gasteiger partial charge in [0.1, 0.15) is 0 Å². The number of nitrogens with one attached hydrogen (secondary N) is 2. The van der Waals surface area contributed by atoms with Crippen molar-refractivity contribution in [3.63, 3.8) is 0 Å². The van der Waals surface area contributed by atoms with E-state index in [2.05, 4.69) is 36.5 Å². The molecule has 0 saturated carbocycles. The van der Waals surface area contributed by atoms with Crippen LogP contribution in [0.25, 0.3) is 5.70 Å². The first-order valence-electron chi connectivity index (χ1n) is 3.24. The van der Waals surface area contributed by atoms with Crippen LogP contribution in [0.2, 0.25) is 0 Å². The molecule has 0 aliphatic carbocycles. The summed E-state index contributed by atoms with van der Waals surface area (Å²) in [6.45, 7) is 0. The lowest BCUT2D eigenvalue weighted by atomic mass is 10.4. The van der Waals surface area contributed by atoms with E-state index in [1.54, 1.807) is 0 Å². The molecule has 6 N–H and O–H groups in total. The van der Waals surface area contributed by atoms with Crippen molar-refractivity contribution in [3.05, 3.63) is 11.6 Å². The number of aromatic amines is 1. The molecule has 13 heavy (non-hydrogen) atoms. The number of hydrazine groups is 2. The molecule has 0 spiro atoms. The maximum Gasteiger partial charge on any atom is 0.203 e. The van der Waals surface area contributed by atoms with Crippen LogP contribution >= 0.6 is 0 Å². The molecule has 0 bridgehead atoms. The highest BCUT2D eigenvalue weighted by atomic mass is 15.8. The van der Waals surface area contributed by atoms with Crippen molar-refractivity contribution >= 4 is 5.70 Å². The van der Waals surface area contributed by atoms with Crippen LogP contribution in [-0.2, 0) is 0 Å². The molecular formula is C3H6N10. The Balaban J connectivity index is 2.42. The van der Waals surface area contributed by atoms with Gasteiger partial charge in [0, 0.05) is 0 Å². The number of rotatable bonds is 1. The van der Waals surface area contributed by atoms with Gasteiger partial charge in [-0.05, 0) is 10.4 Å². The van der Waals surface area contributed by atoms with Gasteiger partial charge in [-0.15, -0.1) is 10.2 Å². The largest absolute Gasteiger partial charge is 0.381 e. The van der Waals surface area contributed by atoms with E-state index >= 15 is 0 Å². The fourth-order valence-corrected chi connectivity index (χ4v) is 0.768. The van der Waals surface area contributed by atoms with Gasteiger partial charge in [0.15, 0.2) is 11.5 Å². The smallest absolute Gasteiger partial charge is 0.203 e. The molecule has 0 fully saturated rings. The fourth-order valence-electron chi connectivity index (χ4n) is 0.768. The molecular weight excluding hydrogens is 176 g/mol. The van der Waals surface area contributed by atoms with Crippen LogP contribution in [0, 0.1) is 0 Å². The van der Waals surface area contributed by atoms with Crippen molar-refractivity contribution in [2.45, 2.75) is 0 Å². The number of H-pyrrole nitrogens is 1. The minimum Gasteiger partial charge on any atom is -0.381 e. The van der Waals surface area contributed by atoms with Crippen molar-refractivity contribution < 1.29 is 0 Å². The average molecular weight is 182 g/mol. The Morgan fingerprint density at radius 2 is 2.23 bits per heavy atom. The maximum absolute atomic E-state index is 5.56. The zero-order valence-corrected chi connectivity index (χ0v) is 6.34. The van der Waals surface area contributed by atoms with Gasteiger partial charge < -0.3 is 5.73 Å². The first-order chi connectivity index (χ1) is 6.29. The Labute approximate surface area is 71.6 Å². The van der Waals surface area contributed by atoms with E-state index in [1.165, 1.54) is 0 Å². The molecule has 0 radical (unpaired) electrons. The highest BCUT2D eigenvalue weighted by Crippen LogP contribution is 2.15. The predicted molar refractivity (Wildman–Crippen MR) is 39.3 cm³/mol. The molecule has 2 rings (SSSR count). The van der Waals surface area contributed by atoms with E-state index in [9.17, 15) is 0 Å². The Morgan fingerprint density at radius 3 is 2.92 bits per heavy atom. The SMILES string of the molecule is NC1=C(c2nnn[nH]2)N=NNN1N. The van der Waals surface area contributed by atoms with Crippen LogP contribution < -0.4 is 17.1 Å². The molecule has 1 aromatic rings. The molecule has 1 aliphatic heterocycles. The minimum atomic E-state index is 0.175. The zero-order valence-electron chi connectivity index (χ0n) is 6.34. The molecule has 68 valence electrons. The predicted octanol–water partition coefficient (Wildman–Crippen LogP) is -2.15. The van der Waals surface area contributed by atoms with Gasteiger partial charge in [0.05, 0.1) is 0 Å². The number of tetrazole rings is 1. The zero-order chi connectivity index (χ0) is 9.26. The first-order valence-corrected chi connectivity index (χ1v) is 3.24. The van der Waals surface area contributed by atoms with Crippen LogP contribution in [0.3, 0.4) is 0 Å². The molecule has 0 aromatic carbocycles. The topological polar surface area (TPSA) is 146 Å². The molecule has 10 heteroatoms. The van der Waals surface area contributed by atoms with E-state index in [4.69, 9.17) is 11.6 Å². The molecule has 0 amide bonds. The van der Waals surface area contributed by atoms with Crippen LogP contribution in [-0.4, -0.2) is 25.7 Å². The standard InChI is InChI=1S/C3H6N10/c4-2-1(3-7-9-10-8-3)6-11-12-13(2)5/h4-5H2,(H,6,12)(H,7,8,9,10). The molecule has 2 heterocycles. The highest BCUT2D eigenvalue weighted by molar-refractivity contribution is 5.60. The van der Waals surface area contributed by atoms with E-state index < -0.39 is 0 Å². The van der Waals surface area contributed by atoms with E-state index in [-0.39, 0.29) is 11.5 Å². The normalized spacial score (nSPS) is 16.2. The lowest BCUT2D eigenvalue weighted by Gasteiger charge is -2.20. The average Bonchev–Trinajstić information content (AvgIpc) is 2.62. The van der Waals surface area contributed by atoms with E-state index in [0.717, 1.165) is 5.12 Å². The summed E-state index contributed by atoms with van der Waals surface area (Å²) in [6, 6.07) is 0. The summed E-state index contributed by atoms with van der Waals surface area (Å²) in [5.41, 5.74) is 8.17. The van der Waals surface area contributed by atoms with Gasteiger partial charge in [-0.3, -0.25) is 0 Å². The van der Waals surface area contributed by atoms with Crippen molar-refractivity contribution in [1.82, 2.24) is 31.3 Å². The number of hydrogen-bond acceptors (Lipinski definition) is 9. The lowest BCUT2D eigenvalue weighted by molar-refractivity contribution is 0.239. The molecule has 0 saturated heterocycles. The summed E-state index contributed by atoms with van der Waals surface area (Å²) >= 11 is 0. The molecule has 1 aromatic heterocycles. The number of hydrogen-bond donors (Lipinski definition) is 4. The number of nitrogens with two attached hydrogens (primary N) is 2. The van der Waals surface area contributed by atoms with Crippen molar-refractivity contribution in [2.75, 3.05) is 0 Å². The van der Waals surface area contributed by atoms with Gasteiger partial charge in [0.2, 0.25) is 5.82 Å². The highest BCUT2D eigenvalue weighted by Gasteiger charge is 2.17. The van der Waals surface area contributed by atoms with Crippen LogP contribution in [0.4, 0.5) is 0 Å². The van der Waals surface area contributed by atoms with Gasteiger partial charge in [-0.25, -0.2) is 10.9 Å². The van der Waals surface area contributed by atoms with Crippen LogP contribution in [0.15, 0.2) is 16.2 Å². The second-order valence-corrected chi connectivity index (χ2v) is 2.15. The summed E-state index contributed by atoms with van der Waals surface area (Å²) < 4.78 is 0. The summed E-state index contributed by atoms with van der Waals surface area (Å²) in [5.74, 6) is 5.86. The minimum absolute atomic E-state index is 0.175. The summed E-state index contributed by atoms with van der Waals surface area (Å²) in [7, 11) is 0. The molecule has 0 atom stereocenters. The Bertz CT molecular complexity index is 346. The second-order valence-electron chi connectivity index (χ2n) is 2.15. The van der Waals surface area contributed by atoms with Crippen LogP contribution in [0.5, 0.6) is 0 Å². The molecule has 0 unspecified atom stereocenters. The van der Waals surface area contributed by atoms with Crippen molar-refractivity contribution in [1.29, 1.82) is 0 Å². The Hall–Kier alpha value is -2.23. The summed E-state index contributed by atoms with van der Waals surface area (Å²) in [6.07, 6.45) is 0. The summed E-state index contributed by atoms with van der Waals surface area (Å²) in [5, 5.41) is 21.0. The third-order valence-corrected chi connectivity index (χ3v) is 1.37. The maximum atomic E-state index is 5.56. The van der Waals surface area contributed by atoms with Gasteiger partial charge in [-0.1, -0.05) is 5.22 Å². The summed E-state index contributed by atoms with van der Waals surface area (Å²) in [4.78, 5) is 0. The van der Waals surface area contributed by atoms with Gasteiger partial charge in [0.25, 0.3) is 0 Å². The van der Waals surface area contributed by atoms with Crippen molar-refractivity contribution in [2.24, 2.45) is 21.9 Å².